The minimum absolute atomic E-state index is 0. The molecule has 3 rings (SSSR count). The highest BCUT2D eigenvalue weighted by Crippen LogP contribution is 2.31. The number of rotatable bonds is 3. The van der Waals surface area contributed by atoms with Crippen molar-refractivity contribution < 1.29 is 4.79 Å². The quantitative estimate of drug-likeness (QED) is 0.894. The molecule has 1 aromatic heterocycles. The highest BCUT2D eigenvalue weighted by molar-refractivity contribution is 7.09. The zero-order valence-corrected chi connectivity index (χ0v) is 15.1. The lowest BCUT2D eigenvalue weighted by molar-refractivity contribution is -0.133. The first kappa shape index (κ1) is 19.7. The van der Waals surface area contributed by atoms with Gasteiger partial charge in [0.15, 0.2) is 0 Å². The summed E-state index contributed by atoms with van der Waals surface area (Å²) >= 11 is 1.71. The third kappa shape index (κ3) is 4.57. The Labute approximate surface area is 148 Å². The molecule has 1 aromatic rings. The molecule has 4 nitrogen and oxygen atoms in total. The highest BCUT2D eigenvalue weighted by atomic mass is 35.5. The topological polar surface area (TPSA) is 59.2 Å². The summed E-state index contributed by atoms with van der Waals surface area (Å²) in [7, 11) is 0. The molecular weight excluding hydrogens is 341 g/mol. The van der Waals surface area contributed by atoms with Gasteiger partial charge in [0.2, 0.25) is 5.91 Å². The predicted octanol–water partition coefficient (Wildman–Crippen LogP) is 3.21. The van der Waals surface area contributed by atoms with Crippen molar-refractivity contribution in [3.05, 3.63) is 16.6 Å². The first-order valence-corrected chi connectivity index (χ1v) is 8.54. The molecule has 22 heavy (non-hydrogen) atoms. The molecule has 1 unspecified atom stereocenters. The number of amides is 1. The van der Waals surface area contributed by atoms with E-state index in [2.05, 4.69) is 4.98 Å². The van der Waals surface area contributed by atoms with Gasteiger partial charge in [-0.15, -0.1) is 36.2 Å². The maximum Gasteiger partial charge on any atom is 0.222 e. The number of carbonyl (C=O) groups excluding carboxylic acids is 1. The van der Waals surface area contributed by atoms with Crippen LogP contribution in [0.5, 0.6) is 0 Å². The number of hydrogen-bond donors (Lipinski definition) is 1. The maximum atomic E-state index is 12.5. The summed E-state index contributed by atoms with van der Waals surface area (Å²) in [6.45, 7) is 1.75. The molecule has 0 aromatic carbocycles. The average molecular weight is 366 g/mol. The van der Waals surface area contributed by atoms with Crippen molar-refractivity contribution in [2.75, 3.05) is 13.1 Å². The molecule has 126 valence electrons. The van der Waals surface area contributed by atoms with Crippen LogP contribution in [0.3, 0.4) is 0 Å². The largest absolute Gasteiger partial charge is 0.342 e. The highest BCUT2D eigenvalue weighted by Gasteiger charge is 2.30. The Kier molecular flexibility index (Phi) is 8.11. The van der Waals surface area contributed by atoms with E-state index in [-0.39, 0.29) is 30.9 Å². The van der Waals surface area contributed by atoms with Crippen LogP contribution in [-0.2, 0) is 4.79 Å². The Hall–Kier alpha value is -0.360. The third-order valence-electron chi connectivity index (χ3n) is 4.73. The van der Waals surface area contributed by atoms with Crippen LogP contribution in [0.4, 0.5) is 0 Å². The van der Waals surface area contributed by atoms with Crippen molar-refractivity contribution in [1.82, 2.24) is 9.88 Å². The zero-order chi connectivity index (χ0) is 13.9. The molecule has 7 heteroatoms. The molecule has 1 aliphatic carbocycles. The monoisotopic (exact) mass is 365 g/mol. The van der Waals surface area contributed by atoms with Gasteiger partial charge in [0.05, 0.1) is 5.01 Å². The van der Waals surface area contributed by atoms with Gasteiger partial charge in [-0.2, -0.15) is 0 Å². The van der Waals surface area contributed by atoms with E-state index in [1.807, 2.05) is 16.5 Å². The second-order valence-electron chi connectivity index (χ2n) is 6.11. The zero-order valence-electron chi connectivity index (χ0n) is 12.6. The minimum Gasteiger partial charge on any atom is -0.342 e. The molecule has 1 saturated heterocycles. The van der Waals surface area contributed by atoms with Crippen LogP contribution in [0.1, 0.15) is 49.5 Å². The summed E-state index contributed by atoms with van der Waals surface area (Å²) in [6, 6.07) is 0.235. The summed E-state index contributed by atoms with van der Waals surface area (Å²) < 4.78 is 0. The predicted molar refractivity (Wildman–Crippen MR) is 95.1 cm³/mol. The summed E-state index contributed by atoms with van der Waals surface area (Å²) in [4.78, 5) is 18.9. The van der Waals surface area contributed by atoms with Gasteiger partial charge in [-0.25, -0.2) is 4.98 Å². The number of halogens is 2. The Morgan fingerprint density at radius 2 is 2.14 bits per heavy atom. The summed E-state index contributed by atoms with van der Waals surface area (Å²) in [5.74, 6) is 1.14. The van der Waals surface area contributed by atoms with Crippen LogP contribution >= 0.6 is 36.2 Å². The number of likely N-dealkylation sites (tertiary alicyclic amines) is 1. The van der Waals surface area contributed by atoms with E-state index in [0.29, 0.717) is 24.2 Å². The van der Waals surface area contributed by atoms with E-state index in [4.69, 9.17) is 5.73 Å². The van der Waals surface area contributed by atoms with Crippen molar-refractivity contribution in [2.45, 2.75) is 50.5 Å². The van der Waals surface area contributed by atoms with Crippen molar-refractivity contribution in [1.29, 1.82) is 0 Å². The van der Waals surface area contributed by atoms with Crippen molar-refractivity contribution in [3.8, 4) is 0 Å². The van der Waals surface area contributed by atoms with E-state index < -0.39 is 0 Å². The number of carbonyl (C=O) groups is 1. The van der Waals surface area contributed by atoms with Gasteiger partial charge >= 0.3 is 0 Å². The molecule has 2 aliphatic rings. The van der Waals surface area contributed by atoms with Gasteiger partial charge in [0.25, 0.3) is 0 Å². The van der Waals surface area contributed by atoms with Crippen molar-refractivity contribution in [2.24, 2.45) is 11.7 Å². The molecule has 0 spiro atoms. The molecule has 3 atom stereocenters. The van der Waals surface area contributed by atoms with Crippen molar-refractivity contribution >= 4 is 42.1 Å². The lowest BCUT2D eigenvalue weighted by atomic mass is 9.95. The number of aromatic nitrogens is 1. The average Bonchev–Trinajstić information content (AvgIpc) is 3.12. The Morgan fingerprint density at radius 3 is 2.77 bits per heavy atom. The molecule has 2 heterocycles. The third-order valence-corrected chi connectivity index (χ3v) is 5.67. The molecule has 1 aliphatic heterocycles. The molecule has 0 radical (unpaired) electrons. The van der Waals surface area contributed by atoms with E-state index in [1.54, 1.807) is 11.3 Å². The number of thiazole rings is 1. The van der Waals surface area contributed by atoms with Crippen molar-refractivity contribution in [3.63, 3.8) is 0 Å². The van der Waals surface area contributed by atoms with Crippen LogP contribution < -0.4 is 5.73 Å². The fourth-order valence-corrected chi connectivity index (χ4v) is 4.28. The van der Waals surface area contributed by atoms with Gasteiger partial charge < -0.3 is 10.6 Å². The van der Waals surface area contributed by atoms with Gasteiger partial charge in [-0.05, 0) is 31.6 Å². The summed E-state index contributed by atoms with van der Waals surface area (Å²) in [5.41, 5.74) is 6.08. The van der Waals surface area contributed by atoms with E-state index in [1.165, 1.54) is 11.4 Å². The minimum atomic E-state index is 0. The number of nitrogens with two attached hydrogens (primary N) is 1. The normalized spacial score (nSPS) is 27.9. The van der Waals surface area contributed by atoms with Gasteiger partial charge in [-0.1, -0.05) is 6.42 Å². The molecule has 0 bridgehead atoms. The van der Waals surface area contributed by atoms with E-state index in [9.17, 15) is 4.79 Å². The van der Waals surface area contributed by atoms with Crippen LogP contribution in [0.15, 0.2) is 11.6 Å². The van der Waals surface area contributed by atoms with Gasteiger partial charge in [-0.3, -0.25) is 4.79 Å². The standard InChI is InChI=1S/C15H23N3OS.2ClH/c16-13-5-1-3-11(13)9-14(19)18-7-2-4-12(10-18)15-17-6-8-20-15;;/h6,8,11-13H,1-5,7,9-10,16H2;2*1H/t11-,12?,13+;;/m0../s1. The first-order chi connectivity index (χ1) is 9.74. The lowest BCUT2D eigenvalue weighted by Gasteiger charge is -2.33. The van der Waals surface area contributed by atoms with E-state index >= 15 is 0 Å². The number of piperidine rings is 1. The maximum absolute atomic E-state index is 12.5. The Morgan fingerprint density at radius 1 is 1.32 bits per heavy atom. The summed E-state index contributed by atoms with van der Waals surface area (Å²) in [5, 5.41) is 3.20. The van der Waals surface area contributed by atoms with Gasteiger partial charge in [0, 0.05) is 43.0 Å². The van der Waals surface area contributed by atoms with Crippen LogP contribution in [-0.4, -0.2) is 34.9 Å². The van der Waals surface area contributed by atoms with Gasteiger partial charge in [0.1, 0.15) is 0 Å². The van der Waals surface area contributed by atoms with Crippen LogP contribution in [0.2, 0.25) is 0 Å². The second-order valence-corrected chi connectivity index (χ2v) is 7.03. The molecule has 2 N–H and O–H groups in total. The summed E-state index contributed by atoms with van der Waals surface area (Å²) in [6.07, 6.45) is 8.13. The lowest BCUT2D eigenvalue weighted by Crippen LogP contribution is -2.41. The number of nitrogens with zero attached hydrogens (tertiary/aromatic N) is 2. The fourth-order valence-electron chi connectivity index (χ4n) is 3.51. The Bertz CT molecular complexity index is 458. The molecule has 1 saturated carbocycles. The SMILES string of the molecule is Cl.Cl.N[C@@H]1CCC[C@H]1CC(=O)N1CCCC(c2nccs2)C1. The number of hydrogen-bond acceptors (Lipinski definition) is 4. The molecule has 1 amide bonds. The van der Waals surface area contributed by atoms with E-state index in [0.717, 1.165) is 38.8 Å². The van der Waals surface area contributed by atoms with Crippen LogP contribution in [0.25, 0.3) is 0 Å². The first-order valence-electron chi connectivity index (χ1n) is 7.67. The smallest absolute Gasteiger partial charge is 0.222 e. The Balaban J connectivity index is 0.00000121. The van der Waals surface area contributed by atoms with Crippen LogP contribution in [0, 0.1) is 5.92 Å². The molecule has 2 fully saturated rings. The molecular formula is C15H25Cl2N3OS. The fraction of sp³-hybridized carbons (Fsp3) is 0.733. The second kappa shape index (κ2) is 9.06.